The van der Waals surface area contributed by atoms with Gasteiger partial charge < -0.3 is 19.7 Å². The summed E-state index contributed by atoms with van der Waals surface area (Å²) >= 11 is 0. The number of hydroxylamine groups is 4. The van der Waals surface area contributed by atoms with E-state index in [1.165, 1.54) is 0 Å². The van der Waals surface area contributed by atoms with Crippen molar-refractivity contribution >= 4 is 11.9 Å². The fourth-order valence-electron chi connectivity index (χ4n) is 9.33. The highest BCUT2D eigenvalue weighted by Crippen LogP contribution is 2.45. The lowest BCUT2D eigenvalue weighted by Gasteiger charge is -2.56. The van der Waals surface area contributed by atoms with Crippen molar-refractivity contribution in [2.45, 2.75) is 217 Å². The van der Waals surface area contributed by atoms with E-state index in [9.17, 15) is 19.8 Å². The SMILES string of the molecule is CCC1(ON2C(C)(C)CC(OC(=O)CCCCCCCCC(=O)OC3CC(C)(C)N(OC4(CC)C=CC=CC4O)C(C)(C)C3)CC2(C)C)C=CC=CC1O. The van der Waals surface area contributed by atoms with Gasteiger partial charge in [0.05, 0.1) is 0 Å². The lowest BCUT2D eigenvalue weighted by molar-refractivity contribution is -0.344. The molecule has 4 rings (SSSR count). The van der Waals surface area contributed by atoms with Crippen LogP contribution in [-0.2, 0) is 28.7 Å². The summed E-state index contributed by atoms with van der Waals surface area (Å²) in [6.07, 6.45) is 23.2. The normalized spacial score (nSPS) is 30.7. The number of unbranched alkanes of at least 4 members (excludes halogenated alkanes) is 5. The van der Waals surface area contributed by atoms with Crippen molar-refractivity contribution in [1.29, 1.82) is 0 Å². The zero-order valence-corrected chi connectivity index (χ0v) is 35.1. The average molecular weight is 757 g/mol. The van der Waals surface area contributed by atoms with Gasteiger partial charge in [0.15, 0.2) is 0 Å². The van der Waals surface area contributed by atoms with Crippen LogP contribution in [0.3, 0.4) is 0 Å². The summed E-state index contributed by atoms with van der Waals surface area (Å²) in [4.78, 5) is 39.1. The monoisotopic (exact) mass is 757 g/mol. The number of nitrogens with zero attached hydrogens (tertiary/aromatic N) is 2. The fraction of sp³-hybridized carbons (Fsp3) is 0.773. The van der Waals surface area contributed by atoms with Crippen LogP contribution in [0.15, 0.2) is 48.6 Å². The van der Waals surface area contributed by atoms with Crippen LogP contribution in [0.5, 0.6) is 0 Å². The Morgan fingerprint density at radius 1 is 0.556 bits per heavy atom. The van der Waals surface area contributed by atoms with Gasteiger partial charge in [-0.2, -0.15) is 10.1 Å². The van der Waals surface area contributed by atoms with Crippen molar-refractivity contribution < 1.29 is 39.0 Å². The Labute approximate surface area is 325 Å². The van der Waals surface area contributed by atoms with Crippen LogP contribution in [0.1, 0.15) is 159 Å². The van der Waals surface area contributed by atoms with Crippen LogP contribution in [0.4, 0.5) is 0 Å². The number of aliphatic hydroxyl groups excluding tert-OH is 2. The number of allylic oxidation sites excluding steroid dienone is 4. The van der Waals surface area contributed by atoms with Gasteiger partial charge in [-0.15, -0.1) is 0 Å². The molecule has 2 heterocycles. The molecule has 0 radical (unpaired) electrons. The third kappa shape index (κ3) is 10.7. The first-order valence-electron chi connectivity index (χ1n) is 20.7. The van der Waals surface area contributed by atoms with E-state index < -0.39 is 45.6 Å². The maximum Gasteiger partial charge on any atom is 0.306 e. The Bertz CT molecular complexity index is 1260. The molecular formula is C44H72N2O8. The van der Waals surface area contributed by atoms with Crippen LogP contribution in [-0.4, -0.2) is 90.1 Å². The molecule has 2 fully saturated rings. The maximum atomic E-state index is 12.9. The smallest absolute Gasteiger partial charge is 0.306 e. The highest BCUT2D eigenvalue weighted by molar-refractivity contribution is 5.70. The maximum absolute atomic E-state index is 12.9. The first-order valence-corrected chi connectivity index (χ1v) is 20.7. The van der Waals surface area contributed by atoms with Gasteiger partial charge in [0.1, 0.15) is 35.6 Å². The van der Waals surface area contributed by atoms with Crippen LogP contribution >= 0.6 is 0 Å². The number of carbonyl (C=O) groups is 2. The van der Waals surface area contributed by atoms with Crippen LogP contribution in [0.25, 0.3) is 0 Å². The Morgan fingerprint density at radius 3 is 1.17 bits per heavy atom. The second-order valence-corrected chi connectivity index (χ2v) is 18.7. The van der Waals surface area contributed by atoms with E-state index in [1.807, 2.05) is 60.4 Å². The number of carbonyl (C=O) groups excluding carboxylic acids is 2. The van der Waals surface area contributed by atoms with Gasteiger partial charge in [-0.05, 0) is 93.2 Å². The summed E-state index contributed by atoms with van der Waals surface area (Å²) in [5.41, 5.74) is -3.30. The van der Waals surface area contributed by atoms with Gasteiger partial charge in [-0.3, -0.25) is 19.3 Å². The first kappa shape index (κ1) is 44.4. The third-order valence-electron chi connectivity index (χ3n) is 11.9. The van der Waals surface area contributed by atoms with Crippen molar-refractivity contribution in [3.05, 3.63) is 48.6 Å². The summed E-state index contributed by atoms with van der Waals surface area (Å²) < 4.78 is 12.0. The molecule has 0 aromatic heterocycles. The molecule has 0 saturated carbocycles. The molecule has 0 aromatic carbocycles. The van der Waals surface area contributed by atoms with Crippen molar-refractivity contribution in [2.75, 3.05) is 0 Å². The largest absolute Gasteiger partial charge is 0.462 e. The lowest BCUT2D eigenvalue weighted by atomic mass is 9.80. The van der Waals surface area contributed by atoms with Gasteiger partial charge in [0.25, 0.3) is 0 Å². The number of hydrogen-bond acceptors (Lipinski definition) is 10. The van der Waals surface area contributed by atoms with E-state index in [4.69, 9.17) is 19.1 Å². The number of hydrogen-bond donors (Lipinski definition) is 2. The Hall–Kier alpha value is -2.34. The van der Waals surface area contributed by atoms with Gasteiger partial charge in [0.2, 0.25) is 0 Å². The molecule has 2 aliphatic heterocycles. The topological polar surface area (TPSA) is 118 Å². The molecule has 4 atom stereocenters. The van der Waals surface area contributed by atoms with Crippen molar-refractivity contribution in [1.82, 2.24) is 10.1 Å². The molecule has 306 valence electrons. The predicted octanol–water partition coefficient (Wildman–Crippen LogP) is 8.37. The average Bonchev–Trinajstić information content (AvgIpc) is 3.06. The number of aliphatic hydroxyl groups is 2. The molecule has 2 saturated heterocycles. The molecule has 2 N–H and O–H groups in total. The van der Waals surface area contributed by atoms with Crippen molar-refractivity contribution in [2.24, 2.45) is 0 Å². The number of rotatable bonds is 17. The van der Waals surface area contributed by atoms with Gasteiger partial charge in [-0.1, -0.05) is 76.0 Å². The molecule has 0 aromatic rings. The van der Waals surface area contributed by atoms with E-state index in [2.05, 4.69) is 55.4 Å². The van der Waals surface area contributed by atoms with Gasteiger partial charge in [-0.25, -0.2) is 0 Å². The first-order chi connectivity index (χ1) is 25.2. The van der Waals surface area contributed by atoms with E-state index >= 15 is 0 Å². The molecule has 4 aliphatic rings. The molecule has 10 heteroatoms. The quantitative estimate of drug-likeness (QED) is 0.111. The van der Waals surface area contributed by atoms with Crippen LogP contribution in [0, 0.1) is 0 Å². The van der Waals surface area contributed by atoms with Gasteiger partial charge >= 0.3 is 11.9 Å². The van der Waals surface area contributed by atoms with Crippen molar-refractivity contribution in [3.8, 4) is 0 Å². The minimum atomic E-state index is -0.824. The van der Waals surface area contributed by atoms with E-state index in [0.29, 0.717) is 51.4 Å². The zero-order chi connectivity index (χ0) is 40.0. The summed E-state index contributed by atoms with van der Waals surface area (Å²) in [6.45, 7) is 20.9. The zero-order valence-electron chi connectivity index (χ0n) is 35.1. The summed E-state index contributed by atoms with van der Waals surface area (Å²) in [5, 5.41) is 25.6. The van der Waals surface area contributed by atoms with E-state index in [-0.39, 0.29) is 24.1 Å². The minimum absolute atomic E-state index is 0.154. The van der Waals surface area contributed by atoms with Gasteiger partial charge in [0, 0.05) is 60.7 Å². The molecular weight excluding hydrogens is 684 g/mol. The van der Waals surface area contributed by atoms with E-state index in [0.717, 1.165) is 38.5 Å². The number of ether oxygens (including phenoxy) is 2. The van der Waals surface area contributed by atoms with Crippen molar-refractivity contribution in [3.63, 3.8) is 0 Å². The minimum Gasteiger partial charge on any atom is -0.462 e. The predicted molar refractivity (Wildman–Crippen MR) is 212 cm³/mol. The van der Waals surface area contributed by atoms with Crippen LogP contribution < -0.4 is 0 Å². The molecule has 54 heavy (non-hydrogen) atoms. The molecule has 2 aliphatic carbocycles. The lowest BCUT2D eigenvalue weighted by Crippen LogP contribution is -2.65. The fourth-order valence-corrected chi connectivity index (χ4v) is 9.33. The third-order valence-corrected chi connectivity index (χ3v) is 11.9. The second kappa shape index (κ2) is 17.9. The standard InChI is InChI=1S/C44H72N2O8/c1-11-43(27-21-19-23-35(43)47)53-45-39(3,4)29-33(30-40(45,5)6)51-37(49)25-17-15-13-14-16-18-26-38(50)52-34-31-41(7,8)46(42(9,10)32-34)54-44(12-2)28-22-20-24-36(44)48/h19-24,27-28,33-36,47-48H,11-18,25-26,29-32H2,1-10H3. The molecule has 10 nitrogen and oxygen atoms in total. The van der Waals surface area contributed by atoms with E-state index in [1.54, 1.807) is 12.2 Å². The number of piperidine rings is 2. The Kier molecular flexibility index (Phi) is 14.7. The summed E-state index contributed by atoms with van der Waals surface area (Å²) in [5.74, 6) is -0.308. The Morgan fingerprint density at radius 2 is 0.870 bits per heavy atom. The summed E-state index contributed by atoms with van der Waals surface area (Å²) in [7, 11) is 0. The molecule has 4 unspecified atom stereocenters. The highest BCUT2D eigenvalue weighted by atomic mass is 16.7. The number of esters is 2. The molecule has 0 spiro atoms. The second-order valence-electron chi connectivity index (χ2n) is 18.7. The van der Waals surface area contributed by atoms with Crippen LogP contribution in [0.2, 0.25) is 0 Å². The summed E-state index contributed by atoms with van der Waals surface area (Å²) in [6, 6.07) is 0. The highest BCUT2D eigenvalue weighted by Gasteiger charge is 2.53. The Balaban J connectivity index is 1.11. The molecule has 0 amide bonds. The molecule has 0 bridgehead atoms.